The Labute approximate surface area is 132 Å². The molecular weight excluding hydrogens is 302 g/mol. The Morgan fingerprint density at radius 3 is 2.57 bits per heavy atom. The number of rotatable bonds is 5. The Balaban J connectivity index is 2.59. The molecule has 116 valence electrons. The monoisotopic (exact) mass is 325 g/mol. The third-order valence-corrected chi connectivity index (χ3v) is 7.21. The largest absolute Gasteiger partial charge is 0.370 e. The SMILES string of the molecule is CCC(C)c1c(Cl)nc2ncnn2c1NC(C)[Si](C)(C)C. The van der Waals surface area contributed by atoms with Crippen molar-refractivity contribution in [1.82, 2.24) is 19.6 Å². The third-order valence-electron chi connectivity index (χ3n) is 4.17. The molecular formula is C14H24ClN5Si. The summed E-state index contributed by atoms with van der Waals surface area (Å²) in [6.07, 6.45) is 2.51. The molecule has 2 heterocycles. The zero-order valence-electron chi connectivity index (χ0n) is 13.6. The molecule has 0 aromatic carbocycles. The van der Waals surface area contributed by atoms with E-state index in [9.17, 15) is 0 Å². The van der Waals surface area contributed by atoms with Crippen LogP contribution in [0.2, 0.25) is 24.8 Å². The number of nitrogens with zero attached hydrogens (tertiary/aromatic N) is 4. The van der Waals surface area contributed by atoms with Crippen LogP contribution in [0.4, 0.5) is 5.82 Å². The van der Waals surface area contributed by atoms with Crippen LogP contribution < -0.4 is 5.32 Å². The highest BCUT2D eigenvalue weighted by molar-refractivity contribution is 6.78. The maximum atomic E-state index is 6.42. The first kappa shape index (κ1) is 16.2. The van der Waals surface area contributed by atoms with Crippen molar-refractivity contribution in [3.8, 4) is 0 Å². The van der Waals surface area contributed by atoms with E-state index in [1.807, 2.05) is 0 Å². The summed E-state index contributed by atoms with van der Waals surface area (Å²) in [4.78, 5) is 8.52. The van der Waals surface area contributed by atoms with Crippen LogP contribution in [0, 0.1) is 0 Å². The summed E-state index contributed by atoms with van der Waals surface area (Å²) in [5, 5.41) is 8.47. The van der Waals surface area contributed by atoms with E-state index in [4.69, 9.17) is 11.6 Å². The van der Waals surface area contributed by atoms with Gasteiger partial charge in [0.05, 0.1) is 8.07 Å². The Morgan fingerprint density at radius 2 is 2.00 bits per heavy atom. The molecule has 0 saturated heterocycles. The fourth-order valence-electron chi connectivity index (χ4n) is 2.03. The molecule has 0 amide bonds. The number of nitrogens with one attached hydrogen (secondary N) is 1. The first-order chi connectivity index (χ1) is 9.75. The van der Waals surface area contributed by atoms with Crippen LogP contribution in [0.5, 0.6) is 0 Å². The van der Waals surface area contributed by atoms with Crippen molar-refractivity contribution < 1.29 is 0 Å². The van der Waals surface area contributed by atoms with E-state index in [-0.39, 0.29) is 0 Å². The summed E-state index contributed by atoms with van der Waals surface area (Å²) < 4.78 is 1.77. The van der Waals surface area contributed by atoms with Crippen molar-refractivity contribution in [2.24, 2.45) is 0 Å². The molecule has 2 unspecified atom stereocenters. The van der Waals surface area contributed by atoms with Crippen LogP contribution in [-0.4, -0.2) is 33.3 Å². The van der Waals surface area contributed by atoms with Crippen molar-refractivity contribution in [3.05, 3.63) is 17.0 Å². The molecule has 0 saturated carbocycles. The topological polar surface area (TPSA) is 55.1 Å². The van der Waals surface area contributed by atoms with E-state index < -0.39 is 8.07 Å². The molecule has 5 nitrogen and oxygen atoms in total. The molecule has 0 fully saturated rings. The van der Waals surface area contributed by atoms with Gasteiger partial charge < -0.3 is 5.32 Å². The van der Waals surface area contributed by atoms with E-state index in [0.29, 0.717) is 22.5 Å². The average molecular weight is 326 g/mol. The van der Waals surface area contributed by atoms with Crippen LogP contribution >= 0.6 is 11.6 Å². The summed E-state index contributed by atoms with van der Waals surface area (Å²) in [5.41, 5.74) is 1.42. The quantitative estimate of drug-likeness (QED) is 0.667. The summed E-state index contributed by atoms with van der Waals surface area (Å²) in [6, 6.07) is 0. The molecule has 2 rings (SSSR count). The maximum absolute atomic E-state index is 6.42. The second kappa shape index (κ2) is 5.92. The summed E-state index contributed by atoms with van der Waals surface area (Å²) in [6.45, 7) is 13.6. The molecule has 0 bridgehead atoms. The van der Waals surface area contributed by atoms with Crippen molar-refractivity contribution in [2.45, 2.75) is 58.4 Å². The first-order valence-electron chi connectivity index (χ1n) is 7.41. The second-order valence-corrected chi connectivity index (χ2v) is 12.6. The molecule has 0 radical (unpaired) electrons. The summed E-state index contributed by atoms with van der Waals surface area (Å²) in [7, 11) is -1.33. The number of hydrogen-bond donors (Lipinski definition) is 1. The number of hydrogen-bond acceptors (Lipinski definition) is 4. The van der Waals surface area contributed by atoms with Gasteiger partial charge >= 0.3 is 0 Å². The van der Waals surface area contributed by atoms with Crippen molar-refractivity contribution in [2.75, 3.05) is 5.32 Å². The molecule has 0 aliphatic carbocycles. The lowest BCUT2D eigenvalue weighted by Gasteiger charge is -2.29. The molecule has 0 aliphatic heterocycles. The first-order valence-corrected chi connectivity index (χ1v) is 11.4. The van der Waals surface area contributed by atoms with Gasteiger partial charge in [0.15, 0.2) is 0 Å². The number of halogens is 1. The molecule has 21 heavy (non-hydrogen) atoms. The molecule has 2 atom stereocenters. The standard InChI is InChI=1S/C14H24ClN5Si/c1-7-9(2)11-12(15)19-14-16-8-17-20(14)13(11)18-10(3)21(4,5)6/h8-10,18H,7H2,1-6H3. The van der Waals surface area contributed by atoms with Crippen molar-refractivity contribution in [3.63, 3.8) is 0 Å². The van der Waals surface area contributed by atoms with Crippen LogP contribution in [0.1, 0.15) is 38.7 Å². The lowest BCUT2D eigenvalue weighted by molar-refractivity contribution is 0.718. The minimum absolute atomic E-state index is 0.315. The van der Waals surface area contributed by atoms with Crippen LogP contribution in [0.25, 0.3) is 5.78 Å². The van der Waals surface area contributed by atoms with Gasteiger partial charge in [0.25, 0.3) is 5.78 Å². The van der Waals surface area contributed by atoms with Crippen LogP contribution in [0.15, 0.2) is 6.33 Å². The van der Waals surface area contributed by atoms with Gasteiger partial charge in [0.1, 0.15) is 17.3 Å². The zero-order valence-corrected chi connectivity index (χ0v) is 15.4. The van der Waals surface area contributed by atoms with Gasteiger partial charge in [-0.2, -0.15) is 19.6 Å². The molecule has 0 aliphatic rings. The highest BCUT2D eigenvalue weighted by Gasteiger charge is 2.26. The number of fused-ring (bicyclic) bond motifs is 1. The van der Waals surface area contributed by atoms with Gasteiger partial charge in [-0.3, -0.25) is 0 Å². The highest BCUT2D eigenvalue weighted by Crippen LogP contribution is 2.33. The van der Waals surface area contributed by atoms with Gasteiger partial charge in [-0.1, -0.05) is 45.1 Å². The average Bonchev–Trinajstić information content (AvgIpc) is 2.84. The van der Waals surface area contributed by atoms with Crippen LogP contribution in [-0.2, 0) is 0 Å². The second-order valence-electron chi connectivity index (χ2n) is 6.68. The fraction of sp³-hybridized carbons (Fsp3) is 0.643. The van der Waals surface area contributed by atoms with Gasteiger partial charge in [0.2, 0.25) is 0 Å². The van der Waals surface area contributed by atoms with E-state index in [1.54, 1.807) is 4.52 Å². The molecule has 2 aromatic heterocycles. The predicted molar refractivity (Wildman–Crippen MR) is 90.9 cm³/mol. The maximum Gasteiger partial charge on any atom is 0.255 e. The third kappa shape index (κ3) is 3.21. The minimum atomic E-state index is -1.33. The lowest BCUT2D eigenvalue weighted by Crippen LogP contribution is -2.42. The Kier molecular flexibility index (Phi) is 4.58. The molecule has 1 N–H and O–H groups in total. The van der Waals surface area contributed by atoms with Crippen molar-refractivity contribution in [1.29, 1.82) is 0 Å². The Hall–Kier alpha value is -1.14. The van der Waals surface area contributed by atoms with Gasteiger partial charge in [-0.25, -0.2) is 0 Å². The van der Waals surface area contributed by atoms with E-state index in [2.05, 4.69) is 60.8 Å². The van der Waals surface area contributed by atoms with Crippen LogP contribution in [0.3, 0.4) is 0 Å². The van der Waals surface area contributed by atoms with E-state index in [1.165, 1.54) is 6.33 Å². The summed E-state index contributed by atoms with van der Waals surface area (Å²) >= 11 is 6.42. The van der Waals surface area contributed by atoms with E-state index >= 15 is 0 Å². The smallest absolute Gasteiger partial charge is 0.255 e. The minimum Gasteiger partial charge on any atom is -0.370 e. The zero-order chi connectivity index (χ0) is 15.8. The molecule has 7 heteroatoms. The van der Waals surface area contributed by atoms with Gasteiger partial charge in [-0.05, 0) is 19.3 Å². The molecule has 2 aromatic rings. The summed E-state index contributed by atoms with van der Waals surface area (Å²) in [5.74, 6) is 1.79. The Morgan fingerprint density at radius 1 is 1.33 bits per heavy atom. The van der Waals surface area contributed by atoms with E-state index in [0.717, 1.165) is 17.8 Å². The highest BCUT2D eigenvalue weighted by atomic mass is 35.5. The normalized spacial score (nSPS) is 15.2. The fourth-order valence-corrected chi connectivity index (χ4v) is 2.95. The molecule has 0 spiro atoms. The van der Waals surface area contributed by atoms with Gasteiger partial charge in [-0.15, -0.1) is 0 Å². The van der Waals surface area contributed by atoms with Crippen molar-refractivity contribution >= 4 is 31.3 Å². The lowest BCUT2D eigenvalue weighted by atomic mass is 10.0. The predicted octanol–water partition coefficient (Wildman–Crippen LogP) is 3.97. The number of aromatic nitrogens is 4. The van der Waals surface area contributed by atoms with Gasteiger partial charge in [0, 0.05) is 11.2 Å². The number of anilines is 1. The Bertz CT molecular complexity index is 634.